The van der Waals surface area contributed by atoms with Crippen LogP contribution in [0.3, 0.4) is 0 Å². The molecule has 3 nitrogen and oxygen atoms in total. The van der Waals surface area contributed by atoms with E-state index in [1.165, 1.54) is 89.9 Å². The van der Waals surface area contributed by atoms with Gasteiger partial charge in [-0.1, -0.05) is 124 Å². The molecular weight excluding hydrogens is 379 g/mol. The highest BCUT2D eigenvalue weighted by molar-refractivity contribution is 7.53. The van der Waals surface area contributed by atoms with E-state index in [1.54, 1.807) is 0 Å². The zero-order valence-corrected chi connectivity index (χ0v) is 21.3. The van der Waals surface area contributed by atoms with Crippen LogP contribution in [-0.4, -0.2) is 19.4 Å². The Morgan fingerprint density at radius 2 is 1.00 bits per heavy atom. The standard InChI is InChI=1S/C25H53O3P/c1-5-7-9-10-11-12-13-14-15-16-17-18-19-20-21-22-27-29(26,23-8-6-2)28-24-25(3)4/h25H,5-24H2,1-4H3. The number of rotatable bonds is 23. The molecule has 176 valence electrons. The third kappa shape index (κ3) is 21.2. The minimum atomic E-state index is -2.88. The fourth-order valence-electron chi connectivity index (χ4n) is 3.46. The number of hydrogen-bond acceptors (Lipinski definition) is 3. The molecule has 29 heavy (non-hydrogen) atoms. The fourth-order valence-corrected chi connectivity index (χ4v) is 5.43. The Balaban J connectivity index is 3.48. The molecule has 0 rings (SSSR count). The van der Waals surface area contributed by atoms with Crippen molar-refractivity contribution in [2.75, 3.05) is 19.4 Å². The lowest BCUT2D eigenvalue weighted by Crippen LogP contribution is -2.06. The van der Waals surface area contributed by atoms with Crippen molar-refractivity contribution < 1.29 is 13.6 Å². The van der Waals surface area contributed by atoms with Crippen LogP contribution in [-0.2, 0) is 13.6 Å². The van der Waals surface area contributed by atoms with Crippen LogP contribution >= 0.6 is 7.60 Å². The minimum absolute atomic E-state index is 0.388. The van der Waals surface area contributed by atoms with Crippen LogP contribution in [0.15, 0.2) is 0 Å². The van der Waals surface area contributed by atoms with Crippen molar-refractivity contribution in [1.82, 2.24) is 0 Å². The van der Waals surface area contributed by atoms with Crippen molar-refractivity contribution in [2.45, 2.75) is 137 Å². The monoisotopic (exact) mass is 432 g/mol. The molecule has 0 heterocycles. The first-order chi connectivity index (χ1) is 14.0. The Labute approximate surface area is 183 Å². The van der Waals surface area contributed by atoms with Crippen molar-refractivity contribution in [3.63, 3.8) is 0 Å². The predicted molar refractivity (Wildman–Crippen MR) is 129 cm³/mol. The van der Waals surface area contributed by atoms with Crippen LogP contribution in [0.4, 0.5) is 0 Å². The van der Waals surface area contributed by atoms with Gasteiger partial charge in [-0.2, -0.15) is 0 Å². The van der Waals surface area contributed by atoms with Crippen molar-refractivity contribution in [3.05, 3.63) is 0 Å². The van der Waals surface area contributed by atoms with Crippen LogP contribution in [0.1, 0.15) is 137 Å². The van der Waals surface area contributed by atoms with E-state index in [-0.39, 0.29) is 0 Å². The van der Waals surface area contributed by atoms with Crippen LogP contribution in [0.5, 0.6) is 0 Å². The Morgan fingerprint density at radius 1 is 0.586 bits per heavy atom. The minimum Gasteiger partial charge on any atom is -0.309 e. The van der Waals surface area contributed by atoms with Crippen LogP contribution in [0.2, 0.25) is 0 Å². The van der Waals surface area contributed by atoms with Gasteiger partial charge in [0.1, 0.15) is 0 Å². The largest absolute Gasteiger partial charge is 0.330 e. The molecule has 0 aromatic rings. The summed E-state index contributed by atoms with van der Waals surface area (Å²) in [6.07, 6.45) is 22.8. The second kappa shape index (κ2) is 21.4. The van der Waals surface area contributed by atoms with E-state index in [9.17, 15) is 4.57 Å². The van der Waals surface area contributed by atoms with Crippen molar-refractivity contribution in [1.29, 1.82) is 0 Å². The molecule has 0 bridgehead atoms. The zero-order valence-electron chi connectivity index (χ0n) is 20.4. The molecule has 0 saturated carbocycles. The Morgan fingerprint density at radius 3 is 1.41 bits per heavy atom. The van der Waals surface area contributed by atoms with Crippen molar-refractivity contribution >= 4 is 7.60 Å². The second-order valence-electron chi connectivity index (χ2n) is 9.16. The highest BCUT2D eigenvalue weighted by Crippen LogP contribution is 2.49. The van der Waals surface area contributed by atoms with Crippen molar-refractivity contribution in [3.8, 4) is 0 Å². The average Bonchev–Trinajstić information content (AvgIpc) is 2.70. The molecule has 0 amide bonds. The molecule has 0 aromatic heterocycles. The van der Waals surface area contributed by atoms with Gasteiger partial charge in [-0.15, -0.1) is 0 Å². The van der Waals surface area contributed by atoms with Gasteiger partial charge < -0.3 is 9.05 Å². The summed E-state index contributed by atoms with van der Waals surface area (Å²) in [7, 11) is -2.88. The molecule has 0 aliphatic carbocycles. The van der Waals surface area contributed by atoms with Gasteiger partial charge in [0.15, 0.2) is 0 Å². The van der Waals surface area contributed by atoms with E-state index in [4.69, 9.17) is 9.05 Å². The Kier molecular flexibility index (Phi) is 21.5. The first-order valence-electron chi connectivity index (χ1n) is 12.9. The van der Waals surface area contributed by atoms with E-state index in [0.717, 1.165) is 19.3 Å². The maximum atomic E-state index is 12.8. The van der Waals surface area contributed by atoms with Crippen LogP contribution in [0, 0.1) is 5.92 Å². The molecular formula is C25H53O3P. The summed E-state index contributed by atoms with van der Waals surface area (Å²) in [5.41, 5.74) is 0. The highest BCUT2D eigenvalue weighted by atomic mass is 31.2. The molecule has 0 saturated heterocycles. The molecule has 0 N–H and O–H groups in total. The van der Waals surface area contributed by atoms with Gasteiger partial charge in [0.25, 0.3) is 0 Å². The summed E-state index contributed by atoms with van der Waals surface area (Å²) in [4.78, 5) is 0. The lowest BCUT2D eigenvalue weighted by atomic mass is 10.0. The third-order valence-electron chi connectivity index (χ3n) is 5.43. The molecule has 0 fully saturated rings. The summed E-state index contributed by atoms with van der Waals surface area (Å²) < 4.78 is 24.2. The lowest BCUT2D eigenvalue weighted by Gasteiger charge is -2.19. The van der Waals surface area contributed by atoms with Gasteiger partial charge in [-0.05, 0) is 18.8 Å². The van der Waals surface area contributed by atoms with Gasteiger partial charge in [0, 0.05) is 0 Å². The van der Waals surface area contributed by atoms with E-state index in [0.29, 0.717) is 25.3 Å². The summed E-state index contributed by atoms with van der Waals surface area (Å²) in [5.74, 6) is 0.388. The number of unbranched alkanes of at least 4 members (excludes halogenated alkanes) is 15. The summed E-state index contributed by atoms with van der Waals surface area (Å²) in [6, 6.07) is 0. The summed E-state index contributed by atoms with van der Waals surface area (Å²) in [5, 5.41) is 0. The van der Waals surface area contributed by atoms with E-state index < -0.39 is 7.60 Å². The Hall–Kier alpha value is 0.150. The molecule has 0 aromatic carbocycles. The van der Waals surface area contributed by atoms with E-state index in [2.05, 4.69) is 27.7 Å². The zero-order chi connectivity index (χ0) is 21.6. The van der Waals surface area contributed by atoms with Gasteiger partial charge in [0.05, 0.1) is 19.4 Å². The maximum absolute atomic E-state index is 12.8. The highest BCUT2D eigenvalue weighted by Gasteiger charge is 2.24. The van der Waals surface area contributed by atoms with Gasteiger partial charge in [-0.25, -0.2) is 0 Å². The molecule has 4 heteroatoms. The quantitative estimate of drug-likeness (QED) is 0.119. The Bertz CT molecular complexity index is 371. The number of hydrogen-bond donors (Lipinski definition) is 0. The molecule has 1 unspecified atom stereocenters. The van der Waals surface area contributed by atoms with Crippen LogP contribution in [0.25, 0.3) is 0 Å². The van der Waals surface area contributed by atoms with E-state index >= 15 is 0 Å². The maximum Gasteiger partial charge on any atom is 0.330 e. The molecule has 0 radical (unpaired) electrons. The second-order valence-corrected chi connectivity index (χ2v) is 11.3. The first-order valence-corrected chi connectivity index (χ1v) is 14.6. The predicted octanol–water partition coefficient (Wildman–Crippen LogP) is 9.54. The fraction of sp³-hybridized carbons (Fsp3) is 1.00. The normalized spacial score (nSPS) is 13.8. The average molecular weight is 433 g/mol. The van der Waals surface area contributed by atoms with Gasteiger partial charge in [-0.3, -0.25) is 4.57 Å². The smallest absolute Gasteiger partial charge is 0.309 e. The first kappa shape index (κ1) is 29.1. The molecule has 0 aliphatic heterocycles. The molecule has 0 spiro atoms. The van der Waals surface area contributed by atoms with Gasteiger partial charge in [0.2, 0.25) is 0 Å². The topological polar surface area (TPSA) is 35.5 Å². The lowest BCUT2D eigenvalue weighted by molar-refractivity contribution is 0.184. The van der Waals surface area contributed by atoms with Crippen molar-refractivity contribution in [2.24, 2.45) is 5.92 Å². The van der Waals surface area contributed by atoms with E-state index in [1.807, 2.05) is 0 Å². The van der Waals surface area contributed by atoms with Gasteiger partial charge >= 0.3 is 7.60 Å². The SMILES string of the molecule is CCCCCCCCCCCCCCCCCOP(=O)(CCCC)OCC(C)C. The summed E-state index contributed by atoms with van der Waals surface area (Å²) in [6.45, 7) is 9.67. The van der Waals surface area contributed by atoms with Crippen LogP contribution < -0.4 is 0 Å². The third-order valence-corrected chi connectivity index (χ3v) is 7.41. The molecule has 0 aliphatic rings. The summed E-state index contributed by atoms with van der Waals surface area (Å²) >= 11 is 0. The molecule has 1 atom stereocenters.